The van der Waals surface area contributed by atoms with Crippen LogP contribution in [0.1, 0.15) is 18.9 Å². The summed E-state index contributed by atoms with van der Waals surface area (Å²) < 4.78 is 0.903. The Bertz CT molecular complexity index is 382. The van der Waals surface area contributed by atoms with Gasteiger partial charge in [-0.25, -0.2) is 4.98 Å². The average Bonchev–Trinajstić information content (AvgIpc) is 2.16. The maximum Gasteiger partial charge on any atom is 0.323 e. The first-order valence-corrected chi connectivity index (χ1v) is 5.92. The minimum Gasteiger partial charge on any atom is -0.480 e. The van der Waals surface area contributed by atoms with Gasteiger partial charge in [-0.2, -0.15) is 0 Å². The van der Waals surface area contributed by atoms with E-state index in [-0.39, 0.29) is 6.54 Å². The molecule has 0 saturated carbocycles. The Hall–Kier alpha value is -1.10. The fraction of sp³-hybridized carbons (Fsp3) is 0.455. The van der Waals surface area contributed by atoms with Gasteiger partial charge in [-0.1, -0.05) is 6.92 Å². The highest BCUT2D eigenvalue weighted by Crippen LogP contribution is 2.20. The Labute approximate surface area is 103 Å². The van der Waals surface area contributed by atoms with Gasteiger partial charge in [-0.15, -0.1) is 0 Å². The van der Waals surface area contributed by atoms with Crippen LogP contribution in [0.5, 0.6) is 0 Å². The fourth-order valence-corrected chi connectivity index (χ4v) is 2.00. The molecule has 0 radical (unpaired) electrons. The number of hydrogen-bond acceptors (Lipinski definition) is 3. The molecule has 0 aromatic carbocycles. The lowest BCUT2D eigenvalue weighted by molar-refractivity contribution is -0.135. The van der Waals surface area contributed by atoms with Crippen molar-refractivity contribution in [1.82, 2.24) is 4.98 Å². The van der Waals surface area contributed by atoms with Crippen LogP contribution in [0.3, 0.4) is 0 Å². The lowest BCUT2D eigenvalue weighted by Gasteiger charge is -2.22. The lowest BCUT2D eigenvalue weighted by Crippen LogP contribution is -2.31. The molecule has 1 rings (SSSR count). The molecule has 4 nitrogen and oxygen atoms in total. The van der Waals surface area contributed by atoms with Crippen molar-refractivity contribution in [3.05, 3.63) is 22.3 Å². The largest absolute Gasteiger partial charge is 0.480 e. The third-order valence-corrected chi connectivity index (χ3v) is 2.57. The highest BCUT2D eigenvalue weighted by Gasteiger charge is 2.13. The zero-order valence-corrected chi connectivity index (χ0v) is 11.0. The summed E-state index contributed by atoms with van der Waals surface area (Å²) in [6.45, 7) is 4.63. The van der Waals surface area contributed by atoms with Gasteiger partial charge in [-0.05, 0) is 40.9 Å². The van der Waals surface area contributed by atoms with Crippen LogP contribution in [0.25, 0.3) is 0 Å². The van der Waals surface area contributed by atoms with Crippen molar-refractivity contribution < 1.29 is 9.90 Å². The van der Waals surface area contributed by atoms with E-state index in [2.05, 4.69) is 20.9 Å². The van der Waals surface area contributed by atoms with Crippen LogP contribution in [0.15, 0.2) is 16.7 Å². The van der Waals surface area contributed by atoms with E-state index in [1.165, 1.54) is 0 Å². The summed E-state index contributed by atoms with van der Waals surface area (Å²) in [7, 11) is 0. The van der Waals surface area contributed by atoms with Crippen LogP contribution in [0, 0.1) is 6.92 Å². The number of aryl methyl sites for hydroxylation is 1. The zero-order valence-electron chi connectivity index (χ0n) is 9.40. The molecule has 1 aromatic heterocycles. The number of aromatic nitrogens is 1. The molecule has 0 bridgehead atoms. The van der Waals surface area contributed by atoms with E-state index in [1.54, 1.807) is 11.1 Å². The highest BCUT2D eigenvalue weighted by atomic mass is 79.9. The van der Waals surface area contributed by atoms with E-state index in [9.17, 15) is 4.79 Å². The number of carboxylic acid groups (broad SMARTS) is 1. The molecule has 0 aliphatic carbocycles. The maximum atomic E-state index is 10.8. The second kappa shape index (κ2) is 5.84. The van der Waals surface area contributed by atoms with E-state index in [4.69, 9.17) is 5.11 Å². The molecule has 1 heterocycles. The molecule has 0 amide bonds. The first-order chi connectivity index (χ1) is 7.54. The van der Waals surface area contributed by atoms with Crippen molar-refractivity contribution in [2.75, 3.05) is 18.0 Å². The number of carbonyl (C=O) groups is 1. The topological polar surface area (TPSA) is 53.4 Å². The minimum absolute atomic E-state index is 0.0106. The van der Waals surface area contributed by atoms with Crippen LogP contribution in [-0.4, -0.2) is 29.1 Å². The molecule has 0 fully saturated rings. The van der Waals surface area contributed by atoms with Crippen molar-refractivity contribution >= 4 is 27.7 Å². The summed E-state index contributed by atoms with van der Waals surface area (Å²) in [6.07, 6.45) is 2.58. The number of rotatable bonds is 5. The second-order valence-corrected chi connectivity index (χ2v) is 4.53. The Morgan fingerprint density at radius 3 is 2.81 bits per heavy atom. The van der Waals surface area contributed by atoms with Crippen molar-refractivity contribution in [3.8, 4) is 0 Å². The molecule has 0 atom stereocenters. The third kappa shape index (κ3) is 3.48. The monoisotopic (exact) mass is 286 g/mol. The Kier molecular flexibility index (Phi) is 4.73. The smallest absolute Gasteiger partial charge is 0.323 e. The first kappa shape index (κ1) is 13.0. The van der Waals surface area contributed by atoms with Gasteiger partial charge in [0.25, 0.3) is 0 Å². The molecule has 5 heteroatoms. The SMILES string of the molecule is CCCN(CC(=O)O)c1ncc(Br)cc1C. The Balaban J connectivity index is 2.95. The maximum absolute atomic E-state index is 10.8. The van der Waals surface area contributed by atoms with Crippen LogP contribution < -0.4 is 4.90 Å². The van der Waals surface area contributed by atoms with Gasteiger partial charge in [-0.3, -0.25) is 4.79 Å². The summed E-state index contributed by atoms with van der Waals surface area (Å²) in [6, 6.07) is 1.94. The quantitative estimate of drug-likeness (QED) is 0.903. The summed E-state index contributed by atoms with van der Waals surface area (Å²) >= 11 is 3.34. The molecule has 0 aliphatic rings. The molecule has 1 N–H and O–H groups in total. The van der Waals surface area contributed by atoms with E-state index in [1.807, 2.05) is 19.9 Å². The van der Waals surface area contributed by atoms with E-state index >= 15 is 0 Å². The average molecular weight is 287 g/mol. The van der Waals surface area contributed by atoms with Crippen molar-refractivity contribution in [2.45, 2.75) is 20.3 Å². The van der Waals surface area contributed by atoms with E-state index < -0.39 is 5.97 Å². The summed E-state index contributed by atoms with van der Waals surface area (Å²) in [5, 5.41) is 8.84. The number of hydrogen-bond donors (Lipinski definition) is 1. The molecule has 0 aliphatic heterocycles. The number of pyridine rings is 1. The normalized spacial score (nSPS) is 10.2. The number of aliphatic carboxylic acids is 1. The molecular weight excluding hydrogens is 272 g/mol. The zero-order chi connectivity index (χ0) is 12.1. The lowest BCUT2D eigenvalue weighted by atomic mass is 10.2. The molecule has 16 heavy (non-hydrogen) atoms. The van der Waals surface area contributed by atoms with Gasteiger partial charge in [0.2, 0.25) is 0 Å². The van der Waals surface area contributed by atoms with Gasteiger partial charge in [0.1, 0.15) is 12.4 Å². The van der Waals surface area contributed by atoms with E-state index in [0.29, 0.717) is 6.54 Å². The standard InChI is InChI=1S/C11H15BrN2O2/c1-3-4-14(7-10(15)16)11-8(2)5-9(12)6-13-11/h5-6H,3-4,7H2,1-2H3,(H,15,16). The van der Waals surface area contributed by atoms with Crippen molar-refractivity contribution in [2.24, 2.45) is 0 Å². The van der Waals surface area contributed by atoms with Gasteiger partial charge in [0.05, 0.1) is 0 Å². The van der Waals surface area contributed by atoms with Crippen LogP contribution in [0.2, 0.25) is 0 Å². The summed E-state index contributed by atoms with van der Waals surface area (Å²) in [5.41, 5.74) is 0.976. The fourth-order valence-electron chi connectivity index (χ4n) is 1.56. The second-order valence-electron chi connectivity index (χ2n) is 3.61. The third-order valence-electron chi connectivity index (χ3n) is 2.14. The minimum atomic E-state index is -0.836. The molecule has 0 unspecified atom stereocenters. The van der Waals surface area contributed by atoms with Gasteiger partial charge in [0.15, 0.2) is 0 Å². The number of carboxylic acids is 1. The number of halogens is 1. The van der Waals surface area contributed by atoms with Crippen LogP contribution in [0.4, 0.5) is 5.82 Å². The highest BCUT2D eigenvalue weighted by molar-refractivity contribution is 9.10. The van der Waals surface area contributed by atoms with Gasteiger partial charge < -0.3 is 10.0 Å². The van der Waals surface area contributed by atoms with E-state index in [0.717, 1.165) is 22.3 Å². The number of anilines is 1. The molecule has 88 valence electrons. The molecule has 0 saturated heterocycles. The summed E-state index contributed by atoms with van der Waals surface area (Å²) in [5.74, 6) is -0.0926. The Morgan fingerprint density at radius 2 is 2.31 bits per heavy atom. The van der Waals surface area contributed by atoms with Crippen molar-refractivity contribution in [1.29, 1.82) is 0 Å². The Morgan fingerprint density at radius 1 is 1.62 bits per heavy atom. The predicted octanol–water partition coefficient (Wildman–Crippen LogP) is 2.45. The van der Waals surface area contributed by atoms with Crippen LogP contribution >= 0.6 is 15.9 Å². The molecule has 0 spiro atoms. The predicted molar refractivity (Wildman–Crippen MR) is 66.8 cm³/mol. The van der Waals surface area contributed by atoms with Gasteiger partial charge >= 0.3 is 5.97 Å². The summed E-state index contributed by atoms with van der Waals surface area (Å²) in [4.78, 5) is 16.8. The molecule has 1 aromatic rings. The molecular formula is C11H15BrN2O2. The first-order valence-electron chi connectivity index (χ1n) is 5.13. The van der Waals surface area contributed by atoms with Crippen LogP contribution in [-0.2, 0) is 4.79 Å². The van der Waals surface area contributed by atoms with Crippen molar-refractivity contribution in [3.63, 3.8) is 0 Å². The van der Waals surface area contributed by atoms with Gasteiger partial charge in [0, 0.05) is 17.2 Å². The number of nitrogens with zero attached hydrogens (tertiary/aromatic N) is 2.